The van der Waals surface area contributed by atoms with Gasteiger partial charge in [-0.2, -0.15) is 5.10 Å². The summed E-state index contributed by atoms with van der Waals surface area (Å²) in [5.74, 6) is 1.53. The summed E-state index contributed by atoms with van der Waals surface area (Å²) in [6.45, 7) is 3.48. The van der Waals surface area contributed by atoms with Crippen LogP contribution >= 0.6 is 0 Å². The highest BCUT2D eigenvalue weighted by molar-refractivity contribution is 5.41. The van der Waals surface area contributed by atoms with E-state index in [0.717, 1.165) is 30.0 Å². The first kappa shape index (κ1) is 13.0. The Labute approximate surface area is 118 Å². The lowest BCUT2D eigenvalue weighted by molar-refractivity contribution is 0.0721. The Hall–Kier alpha value is -2.01. The number of hydrogen-bond acceptors (Lipinski definition) is 4. The topological polar surface area (TPSA) is 62.3 Å². The SMILES string of the molecule is CCCn1cc(C(N)C2COc3ccccc3O2)cn1. The van der Waals surface area contributed by atoms with Crippen LogP contribution < -0.4 is 15.2 Å². The molecule has 1 aromatic carbocycles. The molecule has 0 saturated carbocycles. The Morgan fingerprint density at radius 1 is 1.40 bits per heavy atom. The van der Waals surface area contributed by atoms with Crippen molar-refractivity contribution < 1.29 is 9.47 Å². The van der Waals surface area contributed by atoms with E-state index >= 15 is 0 Å². The zero-order valence-electron chi connectivity index (χ0n) is 11.5. The van der Waals surface area contributed by atoms with E-state index in [4.69, 9.17) is 15.2 Å². The number of benzene rings is 1. The van der Waals surface area contributed by atoms with Gasteiger partial charge in [-0.3, -0.25) is 4.68 Å². The molecule has 2 heterocycles. The summed E-state index contributed by atoms with van der Waals surface area (Å²) in [6, 6.07) is 7.41. The van der Waals surface area contributed by atoms with E-state index in [1.807, 2.05) is 41.3 Å². The maximum absolute atomic E-state index is 6.28. The Morgan fingerprint density at radius 3 is 3.00 bits per heavy atom. The highest BCUT2D eigenvalue weighted by atomic mass is 16.6. The van der Waals surface area contributed by atoms with Crippen LogP contribution in [-0.2, 0) is 6.54 Å². The minimum Gasteiger partial charge on any atom is -0.486 e. The second kappa shape index (κ2) is 5.54. The second-order valence-electron chi connectivity index (χ2n) is 4.98. The molecule has 0 aliphatic carbocycles. The first-order chi connectivity index (χ1) is 9.78. The number of nitrogens with two attached hydrogens (primary N) is 1. The molecule has 2 unspecified atom stereocenters. The minimum absolute atomic E-state index is 0.191. The molecule has 106 valence electrons. The van der Waals surface area contributed by atoms with Gasteiger partial charge in [0.25, 0.3) is 0 Å². The molecule has 1 aromatic heterocycles. The van der Waals surface area contributed by atoms with Gasteiger partial charge in [0.1, 0.15) is 6.61 Å². The lowest BCUT2D eigenvalue weighted by Crippen LogP contribution is -2.38. The van der Waals surface area contributed by atoms with Gasteiger partial charge in [-0.1, -0.05) is 19.1 Å². The number of aromatic nitrogens is 2. The molecule has 1 aliphatic rings. The van der Waals surface area contributed by atoms with E-state index in [1.54, 1.807) is 0 Å². The molecule has 0 saturated heterocycles. The van der Waals surface area contributed by atoms with E-state index in [1.165, 1.54) is 0 Å². The van der Waals surface area contributed by atoms with Gasteiger partial charge in [0, 0.05) is 18.3 Å². The summed E-state index contributed by atoms with van der Waals surface area (Å²) in [5, 5.41) is 4.31. The predicted molar refractivity (Wildman–Crippen MR) is 75.8 cm³/mol. The van der Waals surface area contributed by atoms with Crippen molar-refractivity contribution in [2.75, 3.05) is 6.61 Å². The van der Waals surface area contributed by atoms with Crippen molar-refractivity contribution in [1.82, 2.24) is 9.78 Å². The number of rotatable bonds is 4. The third kappa shape index (κ3) is 2.49. The van der Waals surface area contributed by atoms with Gasteiger partial charge in [-0.05, 0) is 18.6 Å². The Balaban J connectivity index is 1.73. The molecule has 0 amide bonds. The lowest BCUT2D eigenvalue weighted by Gasteiger charge is -2.29. The van der Waals surface area contributed by atoms with E-state index in [-0.39, 0.29) is 12.1 Å². The lowest BCUT2D eigenvalue weighted by atomic mass is 10.1. The van der Waals surface area contributed by atoms with Crippen molar-refractivity contribution in [3.05, 3.63) is 42.2 Å². The van der Waals surface area contributed by atoms with Gasteiger partial charge in [0.05, 0.1) is 12.2 Å². The van der Waals surface area contributed by atoms with Crippen LogP contribution in [0.2, 0.25) is 0 Å². The molecule has 0 spiro atoms. The monoisotopic (exact) mass is 273 g/mol. The first-order valence-electron chi connectivity index (χ1n) is 6.94. The van der Waals surface area contributed by atoms with E-state index < -0.39 is 0 Å². The molecule has 0 fully saturated rings. The fraction of sp³-hybridized carbons (Fsp3) is 0.400. The van der Waals surface area contributed by atoms with E-state index in [2.05, 4.69) is 12.0 Å². The molecule has 2 atom stereocenters. The number of nitrogens with zero attached hydrogens (tertiary/aromatic N) is 2. The molecule has 2 N–H and O–H groups in total. The molecule has 1 aliphatic heterocycles. The molecule has 0 bridgehead atoms. The number of hydrogen-bond donors (Lipinski definition) is 1. The summed E-state index contributed by atoms with van der Waals surface area (Å²) in [6.07, 6.45) is 4.65. The molecule has 3 rings (SSSR count). The van der Waals surface area contributed by atoms with Gasteiger partial charge in [0.2, 0.25) is 0 Å². The van der Waals surface area contributed by atoms with Crippen molar-refractivity contribution in [1.29, 1.82) is 0 Å². The van der Waals surface area contributed by atoms with Crippen LogP contribution in [0.15, 0.2) is 36.7 Å². The van der Waals surface area contributed by atoms with Crippen molar-refractivity contribution >= 4 is 0 Å². The first-order valence-corrected chi connectivity index (χ1v) is 6.94. The normalized spacial score (nSPS) is 18.8. The summed E-state index contributed by atoms with van der Waals surface area (Å²) in [5.41, 5.74) is 7.26. The quantitative estimate of drug-likeness (QED) is 0.927. The highest BCUT2D eigenvalue weighted by Crippen LogP contribution is 2.33. The number of para-hydroxylation sites is 2. The number of aryl methyl sites for hydroxylation is 1. The predicted octanol–water partition coefficient (Wildman–Crippen LogP) is 2.13. The fourth-order valence-corrected chi connectivity index (χ4v) is 2.33. The van der Waals surface area contributed by atoms with Gasteiger partial charge >= 0.3 is 0 Å². The van der Waals surface area contributed by atoms with Crippen molar-refractivity contribution in [3.8, 4) is 11.5 Å². The Morgan fingerprint density at radius 2 is 2.20 bits per heavy atom. The van der Waals surface area contributed by atoms with Crippen LogP contribution in [-0.4, -0.2) is 22.5 Å². The van der Waals surface area contributed by atoms with Crippen LogP contribution in [0, 0.1) is 0 Å². The van der Waals surface area contributed by atoms with Gasteiger partial charge in [0.15, 0.2) is 17.6 Å². The molecular weight excluding hydrogens is 254 g/mol. The average molecular weight is 273 g/mol. The molecule has 5 nitrogen and oxygen atoms in total. The molecular formula is C15H19N3O2. The summed E-state index contributed by atoms with van der Waals surface area (Å²) < 4.78 is 13.5. The highest BCUT2D eigenvalue weighted by Gasteiger charge is 2.28. The number of fused-ring (bicyclic) bond motifs is 1. The van der Waals surface area contributed by atoms with Gasteiger partial charge in [-0.15, -0.1) is 0 Å². The summed E-state index contributed by atoms with van der Waals surface area (Å²) >= 11 is 0. The standard InChI is InChI=1S/C15H19N3O2/c1-2-7-18-9-11(8-17-18)15(16)14-10-19-12-5-3-4-6-13(12)20-14/h3-6,8-9,14-15H,2,7,10,16H2,1H3. The molecule has 0 radical (unpaired) electrons. The Kier molecular flexibility index (Phi) is 3.60. The van der Waals surface area contributed by atoms with Crippen LogP contribution in [0.25, 0.3) is 0 Å². The van der Waals surface area contributed by atoms with Gasteiger partial charge < -0.3 is 15.2 Å². The number of ether oxygens (including phenoxy) is 2. The molecule has 2 aromatic rings. The molecule has 5 heteroatoms. The maximum Gasteiger partial charge on any atom is 0.161 e. The van der Waals surface area contributed by atoms with E-state index in [9.17, 15) is 0 Å². The van der Waals surface area contributed by atoms with E-state index in [0.29, 0.717) is 6.61 Å². The van der Waals surface area contributed by atoms with Crippen LogP contribution in [0.3, 0.4) is 0 Å². The largest absolute Gasteiger partial charge is 0.486 e. The zero-order valence-corrected chi connectivity index (χ0v) is 11.5. The summed E-state index contributed by atoms with van der Waals surface area (Å²) in [7, 11) is 0. The van der Waals surface area contributed by atoms with Crippen molar-refractivity contribution in [2.45, 2.75) is 32.0 Å². The second-order valence-corrected chi connectivity index (χ2v) is 4.98. The summed E-state index contributed by atoms with van der Waals surface area (Å²) in [4.78, 5) is 0. The smallest absolute Gasteiger partial charge is 0.161 e. The third-order valence-electron chi connectivity index (χ3n) is 3.42. The third-order valence-corrected chi connectivity index (χ3v) is 3.42. The zero-order chi connectivity index (χ0) is 13.9. The Bertz CT molecular complexity index is 582. The maximum atomic E-state index is 6.28. The van der Waals surface area contributed by atoms with Crippen molar-refractivity contribution in [2.24, 2.45) is 5.73 Å². The van der Waals surface area contributed by atoms with Gasteiger partial charge in [-0.25, -0.2) is 0 Å². The van der Waals surface area contributed by atoms with Crippen LogP contribution in [0.1, 0.15) is 24.9 Å². The minimum atomic E-state index is -0.242. The van der Waals surface area contributed by atoms with Crippen molar-refractivity contribution in [3.63, 3.8) is 0 Å². The molecule has 20 heavy (non-hydrogen) atoms. The van der Waals surface area contributed by atoms with Crippen LogP contribution in [0.5, 0.6) is 11.5 Å². The van der Waals surface area contributed by atoms with Crippen LogP contribution in [0.4, 0.5) is 0 Å². The average Bonchev–Trinajstić information content (AvgIpc) is 2.95. The fourth-order valence-electron chi connectivity index (χ4n) is 2.33.